The average molecular weight is 349 g/mol. The molecule has 2 amide bonds. The zero-order valence-electron chi connectivity index (χ0n) is 15.4. The largest absolute Gasteiger partial charge is 0.443 e. The van der Waals surface area contributed by atoms with E-state index < -0.39 is 29.8 Å². The van der Waals surface area contributed by atoms with Gasteiger partial charge in [-0.1, -0.05) is 12.2 Å². The van der Waals surface area contributed by atoms with Crippen LogP contribution in [0.5, 0.6) is 0 Å². The summed E-state index contributed by atoms with van der Waals surface area (Å²) in [6, 6.07) is 0. The van der Waals surface area contributed by atoms with E-state index in [9.17, 15) is 18.4 Å². The van der Waals surface area contributed by atoms with E-state index in [1.807, 2.05) is 0 Å². The third-order valence-electron chi connectivity index (χ3n) is 2.56. The lowest BCUT2D eigenvalue weighted by molar-refractivity contribution is 0.00306. The number of hydrogen-bond donors (Lipinski definition) is 0. The first kappa shape index (κ1) is 22.3. The highest BCUT2D eigenvalue weighted by Gasteiger charge is 2.31. The normalized spacial score (nSPS) is 12.0. The Labute approximate surface area is 143 Å². The first-order valence-corrected chi connectivity index (χ1v) is 7.89. The lowest BCUT2D eigenvalue weighted by Gasteiger charge is -2.29. The predicted molar refractivity (Wildman–Crippen MR) is 88.2 cm³/mol. The molecule has 0 fully saturated rings. The molecular formula is C17H29F2NO4. The number of alkyl halides is 2. The third kappa shape index (κ3) is 11.0. The molecule has 0 bridgehead atoms. The van der Waals surface area contributed by atoms with E-state index in [1.165, 1.54) is 0 Å². The van der Waals surface area contributed by atoms with Gasteiger partial charge in [0.25, 0.3) is 0 Å². The summed E-state index contributed by atoms with van der Waals surface area (Å²) in [6.07, 6.45) is -3.83. The van der Waals surface area contributed by atoms with Crippen LogP contribution in [-0.4, -0.2) is 41.3 Å². The Morgan fingerprint density at radius 3 is 1.75 bits per heavy atom. The number of carbonyl (C=O) groups is 2. The molecule has 5 nitrogen and oxygen atoms in total. The van der Waals surface area contributed by atoms with Crippen LogP contribution in [0.15, 0.2) is 12.2 Å². The van der Waals surface area contributed by atoms with E-state index in [-0.39, 0.29) is 25.8 Å². The summed E-state index contributed by atoms with van der Waals surface area (Å²) >= 11 is 0. The second-order valence-electron chi connectivity index (χ2n) is 7.58. The van der Waals surface area contributed by atoms with Gasteiger partial charge in [0.1, 0.15) is 11.2 Å². The summed E-state index contributed by atoms with van der Waals surface area (Å²) in [6.45, 7) is 13.7. The maximum Gasteiger partial charge on any atom is 0.420 e. The van der Waals surface area contributed by atoms with Crippen LogP contribution in [0.3, 0.4) is 0 Å². The molecule has 0 rings (SSSR count). The van der Waals surface area contributed by atoms with E-state index in [2.05, 4.69) is 6.58 Å². The number of imide groups is 1. The van der Waals surface area contributed by atoms with Crippen LogP contribution in [0.2, 0.25) is 0 Å². The van der Waals surface area contributed by atoms with Crippen LogP contribution in [0, 0.1) is 0 Å². The molecule has 0 aromatic rings. The maximum atomic E-state index is 12.2. The van der Waals surface area contributed by atoms with Gasteiger partial charge < -0.3 is 9.47 Å². The van der Waals surface area contributed by atoms with Gasteiger partial charge in [0.05, 0.1) is 6.54 Å². The zero-order chi connectivity index (χ0) is 19.1. The van der Waals surface area contributed by atoms with Gasteiger partial charge in [-0.25, -0.2) is 23.3 Å². The lowest BCUT2D eigenvalue weighted by Crippen LogP contribution is -2.44. The Morgan fingerprint density at radius 2 is 1.42 bits per heavy atom. The molecule has 0 N–H and O–H groups in total. The smallest absolute Gasteiger partial charge is 0.420 e. The minimum absolute atomic E-state index is 0.132. The molecule has 0 aliphatic rings. The molecule has 0 aromatic carbocycles. The minimum Gasteiger partial charge on any atom is -0.443 e. The Balaban J connectivity index is 4.95. The standard InChI is InChI=1S/C17H29F2NO4/c1-12(9-8-10-13(18)19)11-20(14(21)23-16(2,3)4)15(22)24-17(5,6)7/h13H,1,8-11H2,2-7H3. The molecule has 24 heavy (non-hydrogen) atoms. The Kier molecular flexibility index (Phi) is 8.37. The van der Waals surface area contributed by atoms with Gasteiger partial charge in [-0.3, -0.25) is 0 Å². The molecule has 0 aromatic heterocycles. The molecule has 0 radical (unpaired) electrons. The van der Waals surface area contributed by atoms with Gasteiger partial charge in [-0.05, 0) is 54.4 Å². The van der Waals surface area contributed by atoms with Crippen molar-refractivity contribution in [1.82, 2.24) is 4.90 Å². The van der Waals surface area contributed by atoms with Gasteiger partial charge in [0.15, 0.2) is 0 Å². The fraction of sp³-hybridized carbons (Fsp3) is 0.765. The van der Waals surface area contributed by atoms with Gasteiger partial charge in [0, 0.05) is 6.42 Å². The monoisotopic (exact) mass is 349 g/mol. The molecule has 0 heterocycles. The first-order chi connectivity index (χ1) is 10.7. The maximum absolute atomic E-state index is 12.2. The van der Waals surface area contributed by atoms with E-state index in [0.717, 1.165) is 4.90 Å². The van der Waals surface area contributed by atoms with Crippen molar-refractivity contribution in [2.24, 2.45) is 0 Å². The summed E-state index contributed by atoms with van der Waals surface area (Å²) < 4.78 is 34.8. The highest BCUT2D eigenvalue weighted by atomic mass is 19.3. The Bertz CT molecular complexity index is 422. The molecule has 0 unspecified atom stereocenters. The molecule has 0 aliphatic heterocycles. The Morgan fingerprint density at radius 1 is 1.00 bits per heavy atom. The molecule has 0 saturated heterocycles. The second-order valence-corrected chi connectivity index (χ2v) is 7.58. The number of amides is 2. The Hall–Kier alpha value is -1.66. The van der Waals surface area contributed by atoms with Gasteiger partial charge in [0.2, 0.25) is 6.43 Å². The molecule has 7 heteroatoms. The predicted octanol–water partition coefficient (Wildman–Crippen LogP) is 5.15. The highest BCUT2D eigenvalue weighted by Crippen LogP contribution is 2.17. The van der Waals surface area contributed by atoms with Crippen molar-refractivity contribution in [2.75, 3.05) is 6.54 Å². The minimum atomic E-state index is -2.38. The van der Waals surface area contributed by atoms with Crippen LogP contribution in [0.25, 0.3) is 0 Å². The topological polar surface area (TPSA) is 55.8 Å². The van der Waals surface area contributed by atoms with Crippen LogP contribution in [0.1, 0.15) is 60.8 Å². The second kappa shape index (κ2) is 8.99. The summed E-state index contributed by atoms with van der Waals surface area (Å²) in [5, 5.41) is 0. The lowest BCUT2D eigenvalue weighted by atomic mass is 10.1. The zero-order valence-corrected chi connectivity index (χ0v) is 15.4. The number of halogens is 2. The van der Waals surface area contributed by atoms with Gasteiger partial charge >= 0.3 is 12.2 Å². The SMILES string of the molecule is C=C(CCCC(F)F)CN(C(=O)OC(C)(C)C)C(=O)OC(C)(C)C. The number of hydrogen-bond acceptors (Lipinski definition) is 4. The fourth-order valence-electron chi connectivity index (χ4n) is 1.65. The van der Waals surface area contributed by atoms with E-state index in [4.69, 9.17) is 9.47 Å². The van der Waals surface area contributed by atoms with Crippen LogP contribution >= 0.6 is 0 Å². The summed E-state index contributed by atoms with van der Waals surface area (Å²) in [5.41, 5.74) is -1.09. The third-order valence-corrected chi connectivity index (χ3v) is 2.56. The molecule has 0 atom stereocenters. The number of carbonyl (C=O) groups excluding carboxylic acids is 2. The number of nitrogens with zero attached hydrogens (tertiary/aromatic N) is 1. The van der Waals surface area contributed by atoms with E-state index in [1.54, 1.807) is 41.5 Å². The van der Waals surface area contributed by atoms with Crippen molar-refractivity contribution < 1.29 is 27.8 Å². The molecule has 0 saturated carbocycles. The van der Waals surface area contributed by atoms with Crippen molar-refractivity contribution >= 4 is 12.2 Å². The number of ether oxygens (including phenoxy) is 2. The summed E-state index contributed by atoms with van der Waals surface area (Å²) in [5.74, 6) is 0. The molecule has 0 aliphatic carbocycles. The van der Waals surface area contributed by atoms with Crippen molar-refractivity contribution in [3.05, 3.63) is 12.2 Å². The molecular weight excluding hydrogens is 320 g/mol. The van der Waals surface area contributed by atoms with Crippen LogP contribution in [-0.2, 0) is 9.47 Å². The average Bonchev–Trinajstić information content (AvgIpc) is 2.30. The quantitative estimate of drug-likeness (QED) is 0.622. The van der Waals surface area contributed by atoms with Crippen molar-refractivity contribution in [1.29, 1.82) is 0 Å². The first-order valence-electron chi connectivity index (χ1n) is 7.89. The van der Waals surface area contributed by atoms with E-state index in [0.29, 0.717) is 5.57 Å². The molecule has 140 valence electrons. The highest BCUT2D eigenvalue weighted by molar-refractivity contribution is 5.88. The fourth-order valence-corrected chi connectivity index (χ4v) is 1.65. The van der Waals surface area contributed by atoms with Crippen LogP contribution < -0.4 is 0 Å². The van der Waals surface area contributed by atoms with Crippen molar-refractivity contribution in [3.63, 3.8) is 0 Å². The van der Waals surface area contributed by atoms with Gasteiger partial charge in [-0.2, -0.15) is 0 Å². The van der Waals surface area contributed by atoms with Crippen molar-refractivity contribution in [3.8, 4) is 0 Å². The number of rotatable bonds is 6. The van der Waals surface area contributed by atoms with Crippen LogP contribution in [0.4, 0.5) is 18.4 Å². The summed E-state index contributed by atoms with van der Waals surface area (Å²) in [7, 11) is 0. The van der Waals surface area contributed by atoms with E-state index >= 15 is 0 Å². The van der Waals surface area contributed by atoms with Crippen molar-refractivity contribution in [2.45, 2.75) is 78.4 Å². The van der Waals surface area contributed by atoms with Gasteiger partial charge in [-0.15, -0.1) is 0 Å². The summed E-state index contributed by atoms with van der Waals surface area (Å²) in [4.78, 5) is 25.3. The molecule has 0 spiro atoms.